The Balaban J connectivity index is 2.50. The third-order valence-electron chi connectivity index (χ3n) is 2.35. The molecule has 1 aliphatic rings. The summed E-state index contributed by atoms with van der Waals surface area (Å²) in [6, 6.07) is -0.109. The van der Waals surface area contributed by atoms with E-state index in [1.54, 1.807) is 0 Å². The van der Waals surface area contributed by atoms with Gasteiger partial charge in [-0.25, -0.2) is 4.79 Å². The molecule has 0 saturated carbocycles. The lowest BCUT2D eigenvalue weighted by molar-refractivity contribution is -0.140. The van der Waals surface area contributed by atoms with Gasteiger partial charge in [0.1, 0.15) is 11.7 Å². The molecular formula is C12H22INO4. The molecule has 5 nitrogen and oxygen atoms in total. The van der Waals surface area contributed by atoms with E-state index in [4.69, 9.17) is 14.2 Å². The molecule has 2 atom stereocenters. The zero-order valence-corrected chi connectivity index (χ0v) is 13.7. The normalized spacial score (nSPS) is 24.7. The number of nitrogens with one attached hydrogen (secondary N) is 1. The minimum Gasteiger partial charge on any atom is -0.444 e. The number of amides is 1. The first-order valence-corrected chi connectivity index (χ1v) is 7.53. The fourth-order valence-electron chi connectivity index (χ4n) is 1.60. The number of hydrogen-bond acceptors (Lipinski definition) is 4. The number of ether oxygens (including phenoxy) is 3. The zero-order valence-electron chi connectivity index (χ0n) is 11.6. The smallest absolute Gasteiger partial charge is 0.407 e. The molecule has 0 spiro atoms. The van der Waals surface area contributed by atoms with Gasteiger partial charge in [0.2, 0.25) is 0 Å². The summed E-state index contributed by atoms with van der Waals surface area (Å²) in [5, 5.41) is 2.83. The highest BCUT2D eigenvalue weighted by Crippen LogP contribution is 2.25. The van der Waals surface area contributed by atoms with Crippen molar-refractivity contribution in [3.63, 3.8) is 0 Å². The van der Waals surface area contributed by atoms with Crippen molar-refractivity contribution in [1.82, 2.24) is 5.32 Å². The number of halogens is 1. The van der Waals surface area contributed by atoms with E-state index in [0.717, 1.165) is 4.43 Å². The highest BCUT2D eigenvalue weighted by Gasteiger charge is 2.38. The molecule has 0 aromatic heterocycles. The van der Waals surface area contributed by atoms with Gasteiger partial charge in [-0.3, -0.25) is 0 Å². The molecule has 1 N–H and O–H groups in total. The summed E-state index contributed by atoms with van der Waals surface area (Å²) >= 11 is 2.22. The molecule has 1 fully saturated rings. The molecule has 1 rings (SSSR count). The Bertz CT molecular complexity index is 301. The van der Waals surface area contributed by atoms with Gasteiger partial charge in [-0.1, -0.05) is 22.6 Å². The number of rotatable bonds is 3. The monoisotopic (exact) mass is 371 g/mol. The molecule has 6 heteroatoms. The molecule has 1 saturated heterocycles. The summed E-state index contributed by atoms with van der Waals surface area (Å²) in [6.07, 6.45) is -0.554. The van der Waals surface area contributed by atoms with Crippen LogP contribution in [0.1, 0.15) is 34.6 Å². The Morgan fingerprint density at radius 1 is 1.56 bits per heavy atom. The average Bonchev–Trinajstić information content (AvgIpc) is 2.52. The SMILES string of the molecule is CC(C)(C)OC(=O)N[C@H](CI)[C@H]1COC(C)(C)O1. The van der Waals surface area contributed by atoms with Crippen LogP contribution < -0.4 is 5.32 Å². The quantitative estimate of drug-likeness (QED) is 0.612. The molecule has 1 amide bonds. The van der Waals surface area contributed by atoms with Crippen molar-refractivity contribution in [1.29, 1.82) is 0 Å². The van der Waals surface area contributed by atoms with E-state index in [1.165, 1.54) is 0 Å². The van der Waals surface area contributed by atoms with Gasteiger partial charge in [0, 0.05) is 4.43 Å². The summed E-state index contributed by atoms with van der Waals surface area (Å²) in [6.45, 7) is 9.73. The second-order valence-corrected chi connectivity index (χ2v) is 6.65. The van der Waals surface area contributed by atoms with Crippen LogP contribution in [0.5, 0.6) is 0 Å². The van der Waals surface area contributed by atoms with E-state index < -0.39 is 17.5 Å². The maximum Gasteiger partial charge on any atom is 0.407 e. The van der Waals surface area contributed by atoms with Gasteiger partial charge < -0.3 is 19.5 Å². The molecule has 1 heterocycles. The number of alkyl carbamates (subject to hydrolysis) is 1. The van der Waals surface area contributed by atoms with E-state index in [0.29, 0.717) is 6.61 Å². The maximum atomic E-state index is 11.7. The first-order chi connectivity index (χ1) is 8.13. The zero-order chi connectivity index (χ0) is 14.0. The van der Waals surface area contributed by atoms with Crippen molar-refractivity contribution in [2.45, 2.75) is 58.2 Å². The first kappa shape index (κ1) is 16.0. The van der Waals surface area contributed by atoms with Crippen molar-refractivity contribution in [2.24, 2.45) is 0 Å². The summed E-state index contributed by atoms with van der Waals surface area (Å²) in [7, 11) is 0. The van der Waals surface area contributed by atoms with Crippen molar-refractivity contribution < 1.29 is 19.0 Å². The van der Waals surface area contributed by atoms with Crippen molar-refractivity contribution >= 4 is 28.7 Å². The van der Waals surface area contributed by atoms with Crippen molar-refractivity contribution in [3.8, 4) is 0 Å². The Hall–Kier alpha value is -0.0800. The molecule has 0 bridgehead atoms. The highest BCUT2D eigenvalue weighted by molar-refractivity contribution is 14.1. The predicted molar refractivity (Wildman–Crippen MR) is 76.9 cm³/mol. The molecule has 0 unspecified atom stereocenters. The largest absolute Gasteiger partial charge is 0.444 e. The standard InChI is InChI=1S/C12H22INO4/c1-11(2,3)18-10(15)14-8(6-13)9-7-16-12(4,5)17-9/h8-9H,6-7H2,1-5H3,(H,14,15)/t8-,9-/m1/s1. The van der Waals surface area contributed by atoms with Gasteiger partial charge in [0.05, 0.1) is 12.6 Å². The van der Waals surface area contributed by atoms with Gasteiger partial charge in [0.15, 0.2) is 5.79 Å². The van der Waals surface area contributed by atoms with Crippen LogP contribution in [0.2, 0.25) is 0 Å². The number of carbonyl (C=O) groups excluding carboxylic acids is 1. The summed E-state index contributed by atoms with van der Waals surface area (Å²) in [5.41, 5.74) is -0.494. The lowest BCUT2D eigenvalue weighted by atomic mass is 10.2. The van der Waals surface area contributed by atoms with E-state index in [2.05, 4.69) is 27.9 Å². The van der Waals surface area contributed by atoms with Crippen LogP contribution in [0.4, 0.5) is 4.79 Å². The van der Waals surface area contributed by atoms with Crippen LogP contribution in [0.3, 0.4) is 0 Å². The second kappa shape index (κ2) is 5.92. The van der Waals surface area contributed by atoms with E-state index in [1.807, 2.05) is 34.6 Å². The summed E-state index contributed by atoms with van der Waals surface area (Å²) in [5.74, 6) is -0.579. The molecule has 0 aliphatic carbocycles. The third kappa shape index (κ3) is 5.27. The van der Waals surface area contributed by atoms with E-state index in [-0.39, 0.29) is 12.1 Å². The predicted octanol–water partition coefficient (Wildman–Crippen LogP) is 2.47. The highest BCUT2D eigenvalue weighted by atomic mass is 127. The van der Waals surface area contributed by atoms with Crippen LogP contribution in [0.25, 0.3) is 0 Å². The topological polar surface area (TPSA) is 56.8 Å². The van der Waals surface area contributed by atoms with Gasteiger partial charge in [-0.15, -0.1) is 0 Å². The van der Waals surface area contributed by atoms with Crippen LogP contribution in [-0.4, -0.2) is 40.7 Å². The van der Waals surface area contributed by atoms with Crippen molar-refractivity contribution in [2.75, 3.05) is 11.0 Å². The van der Waals surface area contributed by atoms with Crippen LogP contribution >= 0.6 is 22.6 Å². The van der Waals surface area contributed by atoms with Gasteiger partial charge in [-0.05, 0) is 34.6 Å². The number of alkyl halides is 1. The molecule has 0 aromatic rings. The van der Waals surface area contributed by atoms with Gasteiger partial charge in [-0.2, -0.15) is 0 Å². The molecule has 106 valence electrons. The number of carbonyl (C=O) groups is 1. The molecular weight excluding hydrogens is 349 g/mol. The Morgan fingerprint density at radius 3 is 2.56 bits per heavy atom. The fraction of sp³-hybridized carbons (Fsp3) is 0.917. The minimum absolute atomic E-state index is 0.109. The molecule has 1 aliphatic heterocycles. The second-order valence-electron chi connectivity index (χ2n) is 5.77. The molecule has 18 heavy (non-hydrogen) atoms. The Labute approximate surface area is 122 Å². The molecule has 0 aromatic carbocycles. The van der Waals surface area contributed by atoms with Crippen LogP contribution in [-0.2, 0) is 14.2 Å². The minimum atomic E-state index is -0.579. The maximum absolute atomic E-state index is 11.7. The Kier molecular flexibility index (Phi) is 5.25. The van der Waals surface area contributed by atoms with Crippen LogP contribution in [0, 0.1) is 0 Å². The first-order valence-electron chi connectivity index (χ1n) is 6.00. The average molecular weight is 371 g/mol. The number of hydrogen-bond donors (Lipinski definition) is 1. The summed E-state index contributed by atoms with van der Waals surface area (Å²) in [4.78, 5) is 11.7. The Morgan fingerprint density at radius 2 is 2.17 bits per heavy atom. The van der Waals surface area contributed by atoms with E-state index in [9.17, 15) is 4.79 Å². The molecule has 0 radical (unpaired) electrons. The lowest BCUT2D eigenvalue weighted by Crippen LogP contribution is -2.47. The lowest BCUT2D eigenvalue weighted by Gasteiger charge is -2.26. The fourth-order valence-corrected chi connectivity index (χ4v) is 2.39. The van der Waals surface area contributed by atoms with Gasteiger partial charge in [0.25, 0.3) is 0 Å². The van der Waals surface area contributed by atoms with Gasteiger partial charge >= 0.3 is 6.09 Å². The third-order valence-corrected chi connectivity index (χ3v) is 3.30. The van der Waals surface area contributed by atoms with Crippen molar-refractivity contribution in [3.05, 3.63) is 0 Å². The summed E-state index contributed by atoms with van der Waals surface area (Å²) < 4.78 is 17.2. The van der Waals surface area contributed by atoms with Crippen LogP contribution in [0.15, 0.2) is 0 Å². The van der Waals surface area contributed by atoms with E-state index >= 15 is 0 Å².